The van der Waals surface area contributed by atoms with Crippen LogP contribution in [0.5, 0.6) is 5.75 Å². The number of amides is 1. The zero-order valence-corrected chi connectivity index (χ0v) is 14.0. The van der Waals surface area contributed by atoms with Crippen molar-refractivity contribution < 1.29 is 23.1 Å². The van der Waals surface area contributed by atoms with E-state index in [1.807, 2.05) is 6.92 Å². The van der Waals surface area contributed by atoms with Crippen molar-refractivity contribution in [3.8, 4) is 5.75 Å². The molecular weight excluding hydrogens is 328 g/mol. The maximum absolute atomic E-state index is 13.6. The van der Waals surface area contributed by atoms with Crippen LogP contribution in [0.1, 0.15) is 37.0 Å². The topological polar surface area (TPSA) is 55.4 Å². The molecule has 1 amide bonds. The first-order valence-electron chi connectivity index (χ1n) is 7.96. The highest BCUT2D eigenvalue weighted by atomic mass is 19.1. The summed E-state index contributed by atoms with van der Waals surface area (Å²) in [4.78, 5) is 23.9. The minimum absolute atomic E-state index is 0.0925. The van der Waals surface area contributed by atoms with Crippen LogP contribution in [0.15, 0.2) is 42.5 Å². The maximum Gasteiger partial charge on any atom is 0.224 e. The Balaban J connectivity index is 2.02. The summed E-state index contributed by atoms with van der Waals surface area (Å²) in [6.45, 7) is 3.40. The molecule has 2 aromatic rings. The summed E-state index contributed by atoms with van der Waals surface area (Å²) in [5.41, 5.74) is 0.955. The molecule has 0 heterocycles. The number of ketones is 1. The van der Waals surface area contributed by atoms with Crippen LogP contribution < -0.4 is 10.1 Å². The normalized spacial score (nSPS) is 11.7. The molecule has 2 aromatic carbocycles. The molecule has 0 saturated heterocycles. The highest BCUT2D eigenvalue weighted by Gasteiger charge is 2.19. The van der Waals surface area contributed by atoms with Gasteiger partial charge in [0.15, 0.2) is 17.7 Å². The Morgan fingerprint density at radius 2 is 1.80 bits per heavy atom. The van der Waals surface area contributed by atoms with Crippen LogP contribution in [0.25, 0.3) is 0 Å². The van der Waals surface area contributed by atoms with E-state index in [-0.39, 0.29) is 17.4 Å². The van der Waals surface area contributed by atoms with E-state index < -0.39 is 17.7 Å². The molecule has 1 atom stereocenters. The molecule has 4 nitrogen and oxygen atoms in total. The van der Waals surface area contributed by atoms with Gasteiger partial charge in [-0.05, 0) is 49.7 Å². The van der Waals surface area contributed by atoms with Crippen LogP contribution in [0, 0.1) is 11.6 Å². The second-order valence-electron chi connectivity index (χ2n) is 5.57. The molecule has 0 bridgehead atoms. The molecule has 0 aliphatic carbocycles. The molecule has 25 heavy (non-hydrogen) atoms. The van der Waals surface area contributed by atoms with E-state index in [4.69, 9.17) is 4.74 Å². The highest BCUT2D eigenvalue weighted by Crippen LogP contribution is 2.20. The molecule has 0 spiro atoms. The van der Waals surface area contributed by atoms with Gasteiger partial charge in [-0.1, -0.05) is 6.92 Å². The lowest BCUT2D eigenvalue weighted by Gasteiger charge is -2.14. The van der Waals surface area contributed by atoms with Gasteiger partial charge in [0.1, 0.15) is 5.82 Å². The van der Waals surface area contributed by atoms with Gasteiger partial charge in [0.25, 0.3) is 0 Å². The van der Waals surface area contributed by atoms with Crippen molar-refractivity contribution >= 4 is 17.4 Å². The van der Waals surface area contributed by atoms with E-state index in [0.29, 0.717) is 23.7 Å². The number of hydrogen-bond donors (Lipinski definition) is 1. The Bertz CT molecular complexity index is 760. The molecule has 0 aliphatic heterocycles. The van der Waals surface area contributed by atoms with Crippen LogP contribution in [-0.4, -0.2) is 17.8 Å². The molecule has 0 aromatic heterocycles. The van der Waals surface area contributed by atoms with Crippen molar-refractivity contribution in [3.05, 3.63) is 59.7 Å². The van der Waals surface area contributed by atoms with Crippen molar-refractivity contribution in [1.82, 2.24) is 0 Å². The molecule has 0 saturated carbocycles. The standard InChI is InChI=1S/C19H19F2NO3/c1-3-4-18(23)22-15-8-5-13(6-9-15)19(24)12(2)25-17-10-7-14(20)11-16(17)21/h5-12H,3-4H2,1-2H3,(H,22,23). The van der Waals surface area contributed by atoms with Gasteiger partial charge in [-0.3, -0.25) is 9.59 Å². The Labute approximate surface area is 144 Å². The van der Waals surface area contributed by atoms with Crippen LogP contribution in [-0.2, 0) is 4.79 Å². The van der Waals surface area contributed by atoms with Gasteiger partial charge < -0.3 is 10.1 Å². The van der Waals surface area contributed by atoms with Gasteiger partial charge in [0, 0.05) is 23.7 Å². The first-order chi connectivity index (χ1) is 11.9. The van der Waals surface area contributed by atoms with Gasteiger partial charge in [0.05, 0.1) is 0 Å². The predicted octanol–water partition coefficient (Wildman–Crippen LogP) is 4.35. The van der Waals surface area contributed by atoms with E-state index in [1.165, 1.54) is 6.92 Å². The molecule has 0 fully saturated rings. The largest absolute Gasteiger partial charge is 0.479 e. The number of benzene rings is 2. The summed E-state index contributed by atoms with van der Waals surface area (Å²) in [5, 5.41) is 2.72. The third-order valence-corrected chi connectivity index (χ3v) is 3.50. The number of nitrogens with one attached hydrogen (secondary N) is 1. The van der Waals surface area contributed by atoms with Crippen LogP contribution in [0.3, 0.4) is 0 Å². The molecule has 0 aliphatic rings. The Morgan fingerprint density at radius 1 is 1.12 bits per heavy atom. The molecule has 2 rings (SSSR count). The fourth-order valence-electron chi connectivity index (χ4n) is 2.22. The van der Waals surface area contributed by atoms with Crippen molar-refractivity contribution in [2.24, 2.45) is 0 Å². The highest BCUT2D eigenvalue weighted by molar-refractivity contribution is 6.00. The zero-order chi connectivity index (χ0) is 18.4. The Hall–Kier alpha value is -2.76. The monoisotopic (exact) mass is 347 g/mol. The van der Waals surface area contributed by atoms with Gasteiger partial charge in [0.2, 0.25) is 11.7 Å². The number of Topliss-reactive ketones (excluding diaryl/α,β-unsaturated/α-hetero) is 1. The van der Waals surface area contributed by atoms with E-state index >= 15 is 0 Å². The van der Waals surface area contributed by atoms with E-state index in [0.717, 1.165) is 18.6 Å². The minimum atomic E-state index is -0.944. The Kier molecular flexibility index (Phi) is 6.22. The fraction of sp³-hybridized carbons (Fsp3) is 0.263. The number of halogens is 2. The first-order valence-corrected chi connectivity index (χ1v) is 7.96. The van der Waals surface area contributed by atoms with E-state index in [9.17, 15) is 18.4 Å². The average molecular weight is 347 g/mol. The number of rotatable bonds is 7. The third kappa shape index (κ3) is 5.11. The van der Waals surface area contributed by atoms with Gasteiger partial charge >= 0.3 is 0 Å². The molecule has 132 valence electrons. The van der Waals surface area contributed by atoms with E-state index in [1.54, 1.807) is 24.3 Å². The minimum Gasteiger partial charge on any atom is -0.479 e. The van der Waals surface area contributed by atoms with Gasteiger partial charge in [-0.25, -0.2) is 8.78 Å². The average Bonchev–Trinajstić information content (AvgIpc) is 2.57. The first kappa shape index (κ1) is 18.6. The van der Waals surface area contributed by atoms with Crippen molar-refractivity contribution in [1.29, 1.82) is 0 Å². The van der Waals surface area contributed by atoms with Crippen molar-refractivity contribution in [3.63, 3.8) is 0 Å². The van der Waals surface area contributed by atoms with Crippen LogP contribution in [0.2, 0.25) is 0 Å². The lowest BCUT2D eigenvalue weighted by molar-refractivity contribution is -0.116. The summed E-state index contributed by atoms with van der Waals surface area (Å²) in [7, 11) is 0. The van der Waals surface area contributed by atoms with Crippen LogP contribution in [0.4, 0.5) is 14.5 Å². The molecular formula is C19H19F2NO3. The number of hydrogen-bond acceptors (Lipinski definition) is 3. The van der Waals surface area contributed by atoms with E-state index in [2.05, 4.69) is 5.32 Å². The maximum atomic E-state index is 13.6. The third-order valence-electron chi connectivity index (χ3n) is 3.50. The Morgan fingerprint density at radius 3 is 2.40 bits per heavy atom. The number of carbonyl (C=O) groups excluding carboxylic acids is 2. The van der Waals surface area contributed by atoms with Gasteiger partial charge in [-0.15, -0.1) is 0 Å². The molecule has 1 unspecified atom stereocenters. The summed E-state index contributed by atoms with van der Waals surface area (Å²) in [5.74, 6) is -2.22. The number of ether oxygens (including phenoxy) is 1. The molecule has 1 N–H and O–H groups in total. The second-order valence-corrected chi connectivity index (χ2v) is 5.57. The SMILES string of the molecule is CCCC(=O)Nc1ccc(C(=O)C(C)Oc2ccc(F)cc2F)cc1. The fourth-order valence-corrected chi connectivity index (χ4v) is 2.22. The lowest BCUT2D eigenvalue weighted by Crippen LogP contribution is -2.24. The summed E-state index contributed by atoms with van der Waals surface area (Å²) in [6.07, 6.45) is 0.229. The zero-order valence-electron chi connectivity index (χ0n) is 14.0. The predicted molar refractivity (Wildman–Crippen MR) is 90.8 cm³/mol. The second kappa shape index (κ2) is 8.37. The van der Waals surface area contributed by atoms with Crippen molar-refractivity contribution in [2.75, 3.05) is 5.32 Å². The molecule has 0 radical (unpaired) electrons. The summed E-state index contributed by atoms with van der Waals surface area (Å²) < 4.78 is 31.8. The summed E-state index contributed by atoms with van der Waals surface area (Å²) >= 11 is 0. The molecule has 6 heteroatoms. The quantitative estimate of drug-likeness (QED) is 0.758. The van der Waals surface area contributed by atoms with Gasteiger partial charge in [-0.2, -0.15) is 0 Å². The van der Waals surface area contributed by atoms with Crippen LogP contribution >= 0.6 is 0 Å². The lowest BCUT2D eigenvalue weighted by atomic mass is 10.1. The van der Waals surface area contributed by atoms with Crippen molar-refractivity contribution in [2.45, 2.75) is 32.8 Å². The smallest absolute Gasteiger partial charge is 0.224 e. The number of carbonyl (C=O) groups is 2. The number of anilines is 1. The summed E-state index contributed by atoms with van der Waals surface area (Å²) in [6, 6.07) is 9.25.